The summed E-state index contributed by atoms with van der Waals surface area (Å²) in [7, 11) is 0. The number of amides is 2. The summed E-state index contributed by atoms with van der Waals surface area (Å²) in [5.41, 5.74) is 3.09. The molecule has 41 heavy (non-hydrogen) atoms. The zero-order valence-corrected chi connectivity index (χ0v) is 23.2. The minimum Gasteiger partial charge on any atom is -0.492 e. The first kappa shape index (κ1) is 27.1. The van der Waals surface area contributed by atoms with Gasteiger partial charge in [0.05, 0.1) is 18.8 Å². The number of likely N-dealkylation sites (tertiary alicyclic amines) is 1. The molecule has 0 aliphatic carbocycles. The number of fused-ring (bicyclic) bond motifs is 2. The number of nitrogens with zero attached hydrogens (tertiary/aromatic N) is 1. The van der Waals surface area contributed by atoms with Gasteiger partial charge >= 0.3 is 0 Å². The first-order valence-electron chi connectivity index (χ1n) is 14.5. The largest absolute Gasteiger partial charge is 0.492 e. The Bertz CT molecular complexity index is 1400. The molecule has 214 valence electrons. The maximum Gasteiger partial charge on any atom is 0.255 e. The molecule has 0 saturated carbocycles. The van der Waals surface area contributed by atoms with Crippen LogP contribution in [0.1, 0.15) is 52.8 Å². The number of para-hydroxylation sites is 1. The molecular formula is C33H36N2O6. The first-order chi connectivity index (χ1) is 20.1. The fraction of sp³-hybridized carbons (Fsp3) is 0.394. The summed E-state index contributed by atoms with van der Waals surface area (Å²) in [4.78, 5) is 28.3. The van der Waals surface area contributed by atoms with Gasteiger partial charge in [0.25, 0.3) is 11.8 Å². The quantitative estimate of drug-likeness (QED) is 0.460. The van der Waals surface area contributed by atoms with E-state index in [-0.39, 0.29) is 24.0 Å². The van der Waals surface area contributed by atoms with E-state index < -0.39 is 0 Å². The Balaban J connectivity index is 1.15. The van der Waals surface area contributed by atoms with Crippen LogP contribution in [0.15, 0.2) is 66.7 Å². The van der Waals surface area contributed by atoms with Crippen LogP contribution in [0.5, 0.6) is 17.2 Å². The molecule has 0 unspecified atom stereocenters. The Kier molecular flexibility index (Phi) is 8.09. The van der Waals surface area contributed by atoms with E-state index in [0.29, 0.717) is 56.3 Å². The van der Waals surface area contributed by atoms with Gasteiger partial charge in [0, 0.05) is 37.2 Å². The molecule has 1 N–H and O–H groups in total. The number of carbonyl (C=O) groups excluding carboxylic acids is 2. The minimum atomic E-state index is -0.154. The van der Waals surface area contributed by atoms with Crippen molar-refractivity contribution in [2.24, 2.45) is 5.41 Å². The van der Waals surface area contributed by atoms with Crippen LogP contribution in [0.2, 0.25) is 0 Å². The second-order valence-electron chi connectivity index (χ2n) is 11.1. The smallest absolute Gasteiger partial charge is 0.255 e. The zero-order valence-electron chi connectivity index (χ0n) is 23.2. The normalized spacial score (nSPS) is 19.0. The highest BCUT2D eigenvalue weighted by molar-refractivity contribution is 5.97. The van der Waals surface area contributed by atoms with E-state index in [9.17, 15) is 9.59 Å². The minimum absolute atomic E-state index is 0.0414. The maximum absolute atomic E-state index is 13.6. The van der Waals surface area contributed by atoms with Crippen molar-refractivity contribution >= 4 is 11.8 Å². The number of benzene rings is 3. The molecule has 0 bridgehead atoms. The van der Waals surface area contributed by atoms with E-state index in [1.165, 1.54) is 0 Å². The van der Waals surface area contributed by atoms with E-state index in [2.05, 4.69) is 5.32 Å². The molecule has 1 saturated heterocycles. The lowest BCUT2D eigenvalue weighted by molar-refractivity contribution is 0.0341. The number of carbonyl (C=O) groups is 2. The Morgan fingerprint density at radius 2 is 1.61 bits per heavy atom. The van der Waals surface area contributed by atoms with Crippen molar-refractivity contribution in [1.82, 2.24) is 10.2 Å². The topological polar surface area (TPSA) is 86.3 Å². The molecule has 2 amide bonds. The predicted octanol–water partition coefficient (Wildman–Crippen LogP) is 5.31. The van der Waals surface area contributed by atoms with Crippen molar-refractivity contribution < 1.29 is 28.5 Å². The third-order valence-corrected chi connectivity index (χ3v) is 8.37. The summed E-state index contributed by atoms with van der Waals surface area (Å²) in [6.07, 6.45) is 4.67. The van der Waals surface area contributed by atoms with Gasteiger partial charge in [-0.2, -0.15) is 0 Å². The number of piperidine rings is 1. The van der Waals surface area contributed by atoms with Crippen LogP contribution in [-0.4, -0.2) is 63.0 Å². The average molecular weight is 557 g/mol. The summed E-state index contributed by atoms with van der Waals surface area (Å²) in [6.45, 7) is 3.71. The van der Waals surface area contributed by atoms with Gasteiger partial charge in [0.15, 0.2) is 11.5 Å². The first-order valence-corrected chi connectivity index (χ1v) is 14.5. The standard InChI is InChI=1S/C33H36N2O6/c36-31-27-8-1-2-9-28(27)39-22-33(12-3-4-18-38-19-15-34-31)13-16-35(17-14-33)32(37)26-7-5-6-24(20-26)25-10-11-29-30(21-25)41-23-40-29/h1-2,5-11,20-21H,3-4,12-19,22-23H2,(H,34,36). The maximum atomic E-state index is 13.6. The zero-order chi connectivity index (χ0) is 28.1. The second kappa shape index (κ2) is 12.2. The van der Waals surface area contributed by atoms with Gasteiger partial charge < -0.3 is 29.2 Å². The molecule has 3 aromatic rings. The highest BCUT2D eigenvalue weighted by Gasteiger charge is 2.37. The van der Waals surface area contributed by atoms with Crippen LogP contribution in [0.3, 0.4) is 0 Å². The van der Waals surface area contributed by atoms with Crippen molar-refractivity contribution in [3.05, 3.63) is 77.9 Å². The summed E-state index contributed by atoms with van der Waals surface area (Å²) < 4.78 is 23.1. The molecule has 3 heterocycles. The molecular weight excluding hydrogens is 520 g/mol. The summed E-state index contributed by atoms with van der Waals surface area (Å²) in [5, 5.41) is 2.92. The van der Waals surface area contributed by atoms with Crippen molar-refractivity contribution in [2.75, 3.05) is 46.2 Å². The van der Waals surface area contributed by atoms with Crippen LogP contribution >= 0.6 is 0 Å². The molecule has 8 heteroatoms. The Hall–Kier alpha value is -4.04. The van der Waals surface area contributed by atoms with E-state index in [4.69, 9.17) is 18.9 Å². The van der Waals surface area contributed by atoms with Crippen LogP contribution in [0, 0.1) is 5.41 Å². The van der Waals surface area contributed by atoms with E-state index in [0.717, 1.165) is 54.7 Å². The second-order valence-corrected chi connectivity index (χ2v) is 11.1. The Labute approximate surface area is 240 Å². The molecule has 0 radical (unpaired) electrons. The molecule has 8 nitrogen and oxygen atoms in total. The van der Waals surface area contributed by atoms with Gasteiger partial charge in [-0.25, -0.2) is 0 Å². The lowest BCUT2D eigenvalue weighted by Gasteiger charge is -2.42. The average Bonchev–Trinajstić information content (AvgIpc) is 3.49. The molecule has 0 aromatic heterocycles. The van der Waals surface area contributed by atoms with Crippen molar-refractivity contribution in [3.63, 3.8) is 0 Å². The monoisotopic (exact) mass is 556 g/mol. The Morgan fingerprint density at radius 1 is 0.780 bits per heavy atom. The highest BCUT2D eigenvalue weighted by Crippen LogP contribution is 2.39. The summed E-state index contributed by atoms with van der Waals surface area (Å²) >= 11 is 0. The van der Waals surface area contributed by atoms with Gasteiger partial charge in [-0.3, -0.25) is 9.59 Å². The third kappa shape index (κ3) is 6.17. The number of hydrogen-bond acceptors (Lipinski definition) is 6. The molecule has 0 atom stereocenters. The van der Waals surface area contributed by atoms with E-state index in [1.807, 2.05) is 65.6 Å². The van der Waals surface area contributed by atoms with Crippen molar-refractivity contribution in [3.8, 4) is 28.4 Å². The van der Waals surface area contributed by atoms with Crippen LogP contribution in [0.25, 0.3) is 11.1 Å². The number of nitrogens with one attached hydrogen (secondary N) is 1. The van der Waals surface area contributed by atoms with Gasteiger partial charge in [0.1, 0.15) is 5.75 Å². The molecule has 1 spiro atoms. The van der Waals surface area contributed by atoms with Gasteiger partial charge in [-0.1, -0.05) is 36.8 Å². The third-order valence-electron chi connectivity index (χ3n) is 8.37. The lowest BCUT2D eigenvalue weighted by Crippen LogP contribution is -2.45. The van der Waals surface area contributed by atoms with Crippen molar-refractivity contribution in [1.29, 1.82) is 0 Å². The van der Waals surface area contributed by atoms with E-state index >= 15 is 0 Å². The number of hydrogen-bond donors (Lipinski definition) is 1. The van der Waals surface area contributed by atoms with Crippen LogP contribution in [0.4, 0.5) is 0 Å². The molecule has 3 aromatic carbocycles. The SMILES string of the molecule is O=C1NCCOCCCCC2(CCN(C(=O)c3cccc(-c4ccc5c(c4)OCO5)c3)CC2)COc2ccccc21. The lowest BCUT2D eigenvalue weighted by atomic mass is 9.75. The Morgan fingerprint density at radius 3 is 2.51 bits per heavy atom. The number of rotatable bonds is 2. The van der Waals surface area contributed by atoms with Crippen LogP contribution < -0.4 is 19.5 Å². The summed E-state index contributed by atoms with van der Waals surface area (Å²) in [5.74, 6) is 1.95. The molecule has 6 rings (SSSR count). The van der Waals surface area contributed by atoms with Gasteiger partial charge in [-0.05, 0) is 73.2 Å². The summed E-state index contributed by atoms with van der Waals surface area (Å²) in [6, 6.07) is 21.0. The molecule has 1 fully saturated rings. The molecule has 3 aliphatic rings. The van der Waals surface area contributed by atoms with E-state index in [1.54, 1.807) is 6.07 Å². The number of ether oxygens (including phenoxy) is 4. The molecule has 3 aliphatic heterocycles. The van der Waals surface area contributed by atoms with Crippen molar-refractivity contribution in [2.45, 2.75) is 32.1 Å². The van der Waals surface area contributed by atoms with Gasteiger partial charge in [0.2, 0.25) is 6.79 Å². The van der Waals surface area contributed by atoms with Crippen LogP contribution in [-0.2, 0) is 4.74 Å². The van der Waals surface area contributed by atoms with Gasteiger partial charge in [-0.15, -0.1) is 0 Å². The fourth-order valence-electron chi connectivity index (χ4n) is 5.89. The predicted molar refractivity (Wildman–Crippen MR) is 155 cm³/mol. The fourth-order valence-corrected chi connectivity index (χ4v) is 5.89. The highest BCUT2D eigenvalue weighted by atomic mass is 16.7.